The highest BCUT2D eigenvalue weighted by atomic mass is 35.5. The Bertz CT molecular complexity index is 821. The van der Waals surface area contributed by atoms with Crippen LogP contribution in [0.25, 0.3) is 11.0 Å². The largest absolute Gasteiger partial charge is 0.465 e. The number of carbonyl (C=O) groups is 1. The molecule has 3 aromatic rings. The van der Waals surface area contributed by atoms with E-state index in [1.807, 2.05) is 6.07 Å². The van der Waals surface area contributed by atoms with E-state index in [0.717, 1.165) is 5.56 Å². The van der Waals surface area contributed by atoms with Gasteiger partial charge in [-0.3, -0.25) is 0 Å². The second-order valence-electron chi connectivity index (χ2n) is 4.84. The van der Waals surface area contributed by atoms with Gasteiger partial charge in [-0.2, -0.15) is 0 Å². The topological polar surface area (TPSA) is 55.0 Å². The maximum Gasteiger partial charge on any atom is 0.337 e. The molecule has 22 heavy (non-hydrogen) atoms. The fourth-order valence-electron chi connectivity index (χ4n) is 2.26. The molecule has 0 bridgehead atoms. The summed E-state index contributed by atoms with van der Waals surface area (Å²) in [5, 5.41) is 0.0400. The summed E-state index contributed by atoms with van der Waals surface area (Å²) >= 11 is 5.75. The van der Waals surface area contributed by atoms with Gasteiger partial charge in [0.15, 0.2) is 0 Å². The van der Waals surface area contributed by atoms with E-state index in [1.54, 1.807) is 18.2 Å². The zero-order valence-corrected chi connectivity index (χ0v) is 12.4. The summed E-state index contributed by atoms with van der Waals surface area (Å²) in [6, 6.07) is 9.89. The average molecular weight is 319 g/mol. The summed E-state index contributed by atoms with van der Waals surface area (Å²) in [4.78, 5) is 19.0. The molecule has 1 N–H and O–H groups in total. The van der Waals surface area contributed by atoms with Gasteiger partial charge >= 0.3 is 5.97 Å². The van der Waals surface area contributed by atoms with Crippen molar-refractivity contribution in [1.82, 2.24) is 9.97 Å². The number of nitrogens with one attached hydrogen (secondary N) is 1. The maximum atomic E-state index is 13.4. The van der Waals surface area contributed by atoms with E-state index in [0.29, 0.717) is 28.8 Å². The van der Waals surface area contributed by atoms with Crippen molar-refractivity contribution in [3.8, 4) is 0 Å². The Labute approximate surface area is 130 Å². The van der Waals surface area contributed by atoms with Crippen LogP contribution < -0.4 is 0 Å². The number of hydrogen-bond donors (Lipinski definition) is 1. The van der Waals surface area contributed by atoms with Crippen molar-refractivity contribution in [2.75, 3.05) is 7.11 Å². The van der Waals surface area contributed by atoms with Gasteiger partial charge in [-0.05, 0) is 23.8 Å². The minimum absolute atomic E-state index is 0.0400. The number of esters is 1. The quantitative estimate of drug-likeness (QED) is 0.749. The molecule has 0 saturated heterocycles. The lowest BCUT2D eigenvalue weighted by atomic mass is 10.1. The molecule has 1 aromatic heterocycles. The van der Waals surface area contributed by atoms with Gasteiger partial charge in [-0.1, -0.05) is 23.7 Å². The van der Waals surface area contributed by atoms with E-state index in [9.17, 15) is 9.18 Å². The fraction of sp³-hybridized carbons (Fsp3) is 0.125. The molecule has 0 aliphatic rings. The molecular formula is C16H12ClFN2O2. The van der Waals surface area contributed by atoms with Crippen LogP contribution in [0.4, 0.5) is 4.39 Å². The van der Waals surface area contributed by atoms with Crippen LogP contribution in [0.2, 0.25) is 5.02 Å². The molecule has 112 valence electrons. The summed E-state index contributed by atoms with van der Waals surface area (Å²) < 4.78 is 18.1. The highest BCUT2D eigenvalue weighted by molar-refractivity contribution is 6.31. The molecule has 0 aliphatic heterocycles. The number of nitrogens with zero attached hydrogens (tertiary/aromatic N) is 1. The Kier molecular flexibility index (Phi) is 3.81. The number of carbonyl (C=O) groups excluding carboxylic acids is 1. The molecule has 3 rings (SSSR count). The minimum Gasteiger partial charge on any atom is -0.465 e. The third-order valence-corrected chi connectivity index (χ3v) is 3.58. The lowest BCUT2D eigenvalue weighted by molar-refractivity contribution is 0.0600. The third kappa shape index (κ3) is 2.80. The fourth-order valence-corrected chi connectivity index (χ4v) is 2.42. The van der Waals surface area contributed by atoms with Gasteiger partial charge in [-0.25, -0.2) is 14.2 Å². The zero-order valence-electron chi connectivity index (χ0n) is 11.7. The summed E-state index contributed by atoms with van der Waals surface area (Å²) in [6.07, 6.45) is 0.485. The van der Waals surface area contributed by atoms with E-state index in [2.05, 4.69) is 9.97 Å². The highest BCUT2D eigenvalue weighted by Gasteiger charge is 2.10. The van der Waals surface area contributed by atoms with Crippen molar-refractivity contribution in [2.45, 2.75) is 6.42 Å². The molecule has 0 fully saturated rings. The van der Waals surface area contributed by atoms with Crippen LogP contribution in [0.1, 0.15) is 21.7 Å². The second-order valence-corrected chi connectivity index (χ2v) is 5.24. The number of rotatable bonds is 3. The number of aromatic nitrogens is 2. The van der Waals surface area contributed by atoms with Gasteiger partial charge < -0.3 is 9.72 Å². The number of imidazole rings is 1. The molecule has 2 aromatic carbocycles. The molecule has 4 nitrogen and oxygen atoms in total. The third-order valence-electron chi connectivity index (χ3n) is 3.29. The van der Waals surface area contributed by atoms with Gasteiger partial charge in [0.2, 0.25) is 0 Å². The van der Waals surface area contributed by atoms with E-state index < -0.39 is 5.82 Å². The van der Waals surface area contributed by atoms with Crippen molar-refractivity contribution in [1.29, 1.82) is 0 Å². The van der Waals surface area contributed by atoms with Crippen molar-refractivity contribution in [2.24, 2.45) is 0 Å². The minimum atomic E-state index is -0.489. The molecule has 0 unspecified atom stereocenters. The van der Waals surface area contributed by atoms with Crippen molar-refractivity contribution in [3.63, 3.8) is 0 Å². The Morgan fingerprint density at radius 3 is 2.95 bits per heavy atom. The van der Waals surface area contributed by atoms with Gasteiger partial charge in [0, 0.05) is 12.5 Å². The molecule has 0 spiro atoms. The first-order chi connectivity index (χ1) is 10.6. The molecule has 0 aliphatic carbocycles. The van der Waals surface area contributed by atoms with Crippen LogP contribution in [0.15, 0.2) is 36.4 Å². The SMILES string of the molecule is COC(=O)c1cccc(Cc2nc3cc(Cl)c(F)cc3[nH]2)c1. The molecule has 6 heteroatoms. The summed E-state index contributed by atoms with van der Waals surface area (Å²) in [7, 11) is 1.34. The van der Waals surface area contributed by atoms with Gasteiger partial charge in [0.05, 0.1) is 28.7 Å². The van der Waals surface area contributed by atoms with Gasteiger partial charge in [0.25, 0.3) is 0 Å². The normalized spacial score (nSPS) is 10.9. The molecule has 0 amide bonds. The van der Waals surface area contributed by atoms with Crippen LogP contribution in [-0.2, 0) is 11.2 Å². The number of H-pyrrole nitrogens is 1. The van der Waals surface area contributed by atoms with Crippen LogP contribution in [0.5, 0.6) is 0 Å². The van der Waals surface area contributed by atoms with E-state index in [1.165, 1.54) is 19.2 Å². The number of aromatic amines is 1. The Morgan fingerprint density at radius 2 is 2.18 bits per heavy atom. The number of halogens is 2. The van der Waals surface area contributed by atoms with Crippen LogP contribution in [-0.4, -0.2) is 23.0 Å². The Morgan fingerprint density at radius 1 is 1.36 bits per heavy atom. The summed E-state index contributed by atoms with van der Waals surface area (Å²) in [5.41, 5.74) is 2.56. The molecular weight excluding hydrogens is 307 g/mol. The number of ether oxygens (including phenoxy) is 1. The van der Waals surface area contributed by atoms with Crippen molar-refractivity contribution >= 4 is 28.6 Å². The lowest BCUT2D eigenvalue weighted by Gasteiger charge is -2.02. The van der Waals surface area contributed by atoms with Crippen LogP contribution >= 0.6 is 11.6 Å². The monoisotopic (exact) mass is 318 g/mol. The van der Waals surface area contributed by atoms with E-state index in [4.69, 9.17) is 16.3 Å². The first-order valence-electron chi connectivity index (χ1n) is 6.57. The van der Waals surface area contributed by atoms with E-state index in [-0.39, 0.29) is 11.0 Å². The predicted octanol–water partition coefficient (Wildman–Crippen LogP) is 3.73. The molecule has 0 atom stereocenters. The van der Waals surface area contributed by atoms with Gasteiger partial charge in [0.1, 0.15) is 11.6 Å². The molecule has 0 saturated carbocycles. The first kappa shape index (κ1) is 14.5. The summed E-state index contributed by atoms with van der Waals surface area (Å²) in [5.74, 6) is -0.212. The summed E-state index contributed by atoms with van der Waals surface area (Å²) in [6.45, 7) is 0. The standard InChI is InChI=1S/C16H12ClFN2O2/c1-22-16(21)10-4-2-3-9(5-10)6-15-19-13-7-11(17)12(18)8-14(13)20-15/h2-5,7-8H,6H2,1H3,(H,19,20). The van der Waals surface area contributed by atoms with E-state index >= 15 is 0 Å². The lowest BCUT2D eigenvalue weighted by Crippen LogP contribution is -2.02. The first-order valence-corrected chi connectivity index (χ1v) is 6.95. The smallest absolute Gasteiger partial charge is 0.337 e. The maximum absolute atomic E-state index is 13.4. The molecule has 1 heterocycles. The number of hydrogen-bond acceptors (Lipinski definition) is 3. The zero-order chi connectivity index (χ0) is 15.7. The van der Waals surface area contributed by atoms with Crippen molar-refractivity contribution < 1.29 is 13.9 Å². The molecule has 0 radical (unpaired) electrons. The van der Waals surface area contributed by atoms with Crippen LogP contribution in [0.3, 0.4) is 0 Å². The average Bonchev–Trinajstić information content (AvgIpc) is 2.88. The van der Waals surface area contributed by atoms with Gasteiger partial charge in [-0.15, -0.1) is 0 Å². The number of methoxy groups -OCH3 is 1. The Hall–Kier alpha value is -2.40. The van der Waals surface area contributed by atoms with Crippen molar-refractivity contribution in [3.05, 3.63) is 64.2 Å². The highest BCUT2D eigenvalue weighted by Crippen LogP contribution is 2.22. The van der Waals surface area contributed by atoms with Crippen LogP contribution in [0, 0.1) is 5.82 Å². The number of fused-ring (bicyclic) bond motifs is 1. The predicted molar refractivity (Wildman–Crippen MR) is 81.6 cm³/mol. The second kappa shape index (κ2) is 5.77. The Balaban J connectivity index is 1.91. The number of benzene rings is 2.